The van der Waals surface area contributed by atoms with Crippen LogP contribution < -0.4 is 5.73 Å². The zero-order chi connectivity index (χ0) is 15.7. The Balaban J connectivity index is 3.21. The van der Waals surface area contributed by atoms with Gasteiger partial charge in [0, 0.05) is 26.8 Å². The van der Waals surface area contributed by atoms with Crippen LogP contribution >= 0.6 is 0 Å². The van der Waals surface area contributed by atoms with Crippen molar-refractivity contribution in [3.63, 3.8) is 0 Å². The van der Waals surface area contributed by atoms with E-state index in [1.807, 2.05) is 0 Å². The molecule has 0 aliphatic rings. The van der Waals surface area contributed by atoms with Crippen LogP contribution in [0.1, 0.15) is 5.56 Å². The Hall–Kier alpha value is -1.67. The van der Waals surface area contributed by atoms with Crippen molar-refractivity contribution in [3.05, 3.63) is 23.5 Å². The molecule has 1 rings (SSSR count). The molecule has 0 heterocycles. The number of nitrogens with two attached hydrogens (primary N) is 1. The summed E-state index contributed by atoms with van der Waals surface area (Å²) in [4.78, 5) is 12.3. The average Bonchev–Trinajstić information content (AvgIpc) is 2.33. The van der Waals surface area contributed by atoms with Crippen LogP contribution in [0.15, 0.2) is 17.0 Å². The molecule has 2 N–H and O–H groups in total. The van der Waals surface area contributed by atoms with Crippen LogP contribution in [0.4, 0.5) is 10.1 Å². The van der Waals surface area contributed by atoms with Crippen molar-refractivity contribution in [3.8, 4) is 0 Å². The second-order valence-electron chi connectivity index (χ2n) is 4.70. The van der Waals surface area contributed by atoms with Crippen molar-refractivity contribution in [2.24, 2.45) is 0 Å². The van der Waals surface area contributed by atoms with Gasteiger partial charge < -0.3 is 10.6 Å². The van der Waals surface area contributed by atoms with Gasteiger partial charge in [-0.05, 0) is 24.6 Å². The van der Waals surface area contributed by atoms with E-state index >= 15 is 0 Å². The van der Waals surface area contributed by atoms with E-state index in [4.69, 9.17) is 5.73 Å². The molecule has 0 unspecified atom stereocenters. The standard InChI is InChI=1S/C12H18FN3O3S/c1-8-5-9(14)6-10(12(8)13)20(18,19)16(4)7-11(17)15(2)3/h5-6H,7,14H2,1-4H3. The molecule has 0 aliphatic heterocycles. The molecule has 0 bridgehead atoms. The highest BCUT2D eigenvalue weighted by Gasteiger charge is 2.27. The van der Waals surface area contributed by atoms with E-state index in [2.05, 4.69) is 0 Å². The summed E-state index contributed by atoms with van der Waals surface area (Å²) in [5.41, 5.74) is 5.83. The molecule has 0 atom stereocenters. The van der Waals surface area contributed by atoms with E-state index in [9.17, 15) is 17.6 Å². The van der Waals surface area contributed by atoms with Crippen LogP contribution in [0.25, 0.3) is 0 Å². The maximum atomic E-state index is 14.0. The lowest BCUT2D eigenvalue weighted by atomic mass is 10.2. The lowest BCUT2D eigenvalue weighted by Crippen LogP contribution is -2.38. The van der Waals surface area contributed by atoms with Gasteiger partial charge in [0.1, 0.15) is 10.7 Å². The van der Waals surface area contributed by atoms with Gasteiger partial charge >= 0.3 is 0 Å². The highest BCUT2D eigenvalue weighted by atomic mass is 32.2. The number of anilines is 1. The third-order valence-corrected chi connectivity index (χ3v) is 4.59. The fourth-order valence-electron chi connectivity index (χ4n) is 1.54. The van der Waals surface area contributed by atoms with Gasteiger partial charge in [0.25, 0.3) is 0 Å². The van der Waals surface area contributed by atoms with Crippen molar-refractivity contribution in [2.75, 3.05) is 33.4 Å². The van der Waals surface area contributed by atoms with Crippen LogP contribution in [0, 0.1) is 12.7 Å². The van der Waals surface area contributed by atoms with Gasteiger partial charge in [-0.25, -0.2) is 12.8 Å². The summed E-state index contributed by atoms with van der Waals surface area (Å²) in [5.74, 6) is -1.26. The van der Waals surface area contributed by atoms with E-state index in [-0.39, 0.29) is 17.8 Å². The Labute approximate surface area is 118 Å². The minimum atomic E-state index is -4.11. The molecule has 20 heavy (non-hydrogen) atoms. The molecule has 112 valence electrons. The smallest absolute Gasteiger partial charge is 0.246 e. The maximum absolute atomic E-state index is 14.0. The summed E-state index contributed by atoms with van der Waals surface area (Å²) >= 11 is 0. The van der Waals surface area contributed by atoms with E-state index in [0.29, 0.717) is 0 Å². The first-order chi connectivity index (χ1) is 9.07. The summed E-state index contributed by atoms with van der Waals surface area (Å²) in [6, 6.07) is 2.40. The monoisotopic (exact) mass is 303 g/mol. The molecule has 1 aromatic carbocycles. The number of nitrogen functional groups attached to an aromatic ring is 1. The fourth-order valence-corrected chi connectivity index (χ4v) is 2.83. The van der Waals surface area contributed by atoms with Crippen LogP contribution in [0.5, 0.6) is 0 Å². The number of hydrogen-bond acceptors (Lipinski definition) is 4. The molecule has 0 spiro atoms. The normalized spacial score (nSPS) is 11.7. The van der Waals surface area contributed by atoms with Crippen molar-refractivity contribution in [1.29, 1.82) is 0 Å². The predicted octanol–water partition coefficient (Wildman–Crippen LogP) is 0.425. The van der Waals surface area contributed by atoms with Gasteiger partial charge in [-0.15, -0.1) is 0 Å². The molecule has 0 radical (unpaired) electrons. The third-order valence-electron chi connectivity index (χ3n) is 2.79. The molecule has 0 aromatic heterocycles. The van der Waals surface area contributed by atoms with Crippen molar-refractivity contribution in [2.45, 2.75) is 11.8 Å². The lowest BCUT2D eigenvalue weighted by molar-refractivity contribution is -0.128. The number of aryl methyl sites for hydroxylation is 1. The first-order valence-electron chi connectivity index (χ1n) is 5.79. The third kappa shape index (κ3) is 3.26. The molecular formula is C12H18FN3O3S. The number of sulfonamides is 1. The Bertz CT molecular complexity index is 629. The number of amides is 1. The van der Waals surface area contributed by atoms with Crippen molar-refractivity contribution < 1.29 is 17.6 Å². The molecule has 0 fully saturated rings. The summed E-state index contributed by atoms with van der Waals surface area (Å²) < 4.78 is 39.3. The second kappa shape index (κ2) is 5.76. The number of likely N-dealkylation sites (N-methyl/N-ethyl adjacent to an activating group) is 2. The van der Waals surface area contributed by atoms with Crippen molar-refractivity contribution in [1.82, 2.24) is 9.21 Å². The Morgan fingerprint density at radius 3 is 2.35 bits per heavy atom. The van der Waals surface area contributed by atoms with Gasteiger partial charge in [-0.1, -0.05) is 0 Å². The molecule has 1 amide bonds. The van der Waals surface area contributed by atoms with Crippen LogP contribution in [-0.2, 0) is 14.8 Å². The molecule has 0 saturated carbocycles. The van der Waals surface area contributed by atoms with E-state index in [0.717, 1.165) is 10.4 Å². The van der Waals surface area contributed by atoms with Crippen LogP contribution in [0.3, 0.4) is 0 Å². The number of hydrogen-bond donors (Lipinski definition) is 1. The van der Waals surface area contributed by atoms with Crippen LogP contribution in [0.2, 0.25) is 0 Å². The summed E-state index contributed by atoms with van der Waals surface area (Å²) in [6.07, 6.45) is 0. The first kappa shape index (κ1) is 16.4. The molecule has 6 nitrogen and oxygen atoms in total. The zero-order valence-corrected chi connectivity index (χ0v) is 12.7. The highest BCUT2D eigenvalue weighted by Crippen LogP contribution is 2.24. The molecular weight excluding hydrogens is 285 g/mol. The number of carbonyl (C=O) groups is 1. The fraction of sp³-hybridized carbons (Fsp3) is 0.417. The van der Waals surface area contributed by atoms with Gasteiger partial charge in [0.15, 0.2) is 0 Å². The summed E-state index contributed by atoms with van der Waals surface area (Å²) in [7, 11) is 0.120. The Morgan fingerprint density at radius 1 is 1.30 bits per heavy atom. The van der Waals surface area contributed by atoms with E-state index < -0.39 is 26.6 Å². The van der Waals surface area contributed by atoms with E-state index in [1.54, 1.807) is 0 Å². The Kier molecular flexibility index (Phi) is 4.72. The minimum absolute atomic E-state index is 0.135. The molecule has 1 aromatic rings. The first-order valence-corrected chi connectivity index (χ1v) is 7.23. The number of benzene rings is 1. The summed E-state index contributed by atoms with van der Waals surface area (Å²) in [6.45, 7) is 1.05. The molecule has 8 heteroatoms. The van der Waals surface area contributed by atoms with Gasteiger partial charge in [-0.2, -0.15) is 4.31 Å². The number of rotatable bonds is 4. The quantitative estimate of drug-likeness (QED) is 0.817. The van der Waals surface area contributed by atoms with Gasteiger partial charge in [-0.3, -0.25) is 4.79 Å². The SMILES string of the molecule is Cc1cc(N)cc(S(=O)(=O)N(C)CC(=O)N(C)C)c1F. The minimum Gasteiger partial charge on any atom is -0.399 e. The Morgan fingerprint density at radius 2 is 1.85 bits per heavy atom. The number of halogens is 1. The maximum Gasteiger partial charge on any atom is 0.246 e. The zero-order valence-electron chi connectivity index (χ0n) is 11.8. The highest BCUT2D eigenvalue weighted by molar-refractivity contribution is 7.89. The van der Waals surface area contributed by atoms with E-state index in [1.165, 1.54) is 39.0 Å². The largest absolute Gasteiger partial charge is 0.399 e. The molecule has 0 aliphatic carbocycles. The van der Waals surface area contributed by atoms with Crippen molar-refractivity contribution >= 4 is 21.6 Å². The molecule has 0 saturated heterocycles. The second-order valence-corrected chi connectivity index (χ2v) is 6.71. The number of nitrogens with zero attached hydrogens (tertiary/aromatic N) is 2. The average molecular weight is 303 g/mol. The predicted molar refractivity (Wildman–Crippen MR) is 74.1 cm³/mol. The van der Waals surface area contributed by atoms with Gasteiger partial charge in [0.05, 0.1) is 6.54 Å². The number of carbonyl (C=O) groups excluding carboxylic acids is 1. The topological polar surface area (TPSA) is 83.7 Å². The summed E-state index contributed by atoms with van der Waals surface area (Å²) in [5, 5.41) is 0. The van der Waals surface area contributed by atoms with Gasteiger partial charge in [0.2, 0.25) is 15.9 Å². The lowest BCUT2D eigenvalue weighted by Gasteiger charge is -2.20. The van der Waals surface area contributed by atoms with Crippen LogP contribution in [-0.4, -0.2) is 51.2 Å².